The van der Waals surface area contributed by atoms with E-state index in [-0.39, 0.29) is 5.82 Å². The van der Waals surface area contributed by atoms with E-state index >= 15 is 0 Å². The number of nitrogens with zero attached hydrogens (tertiary/aromatic N) is 1. The van der Waals surface area contributed by atoms with Crippen LogP contribution in [0.15, 0.2) is 35.7 Å². The zero-order valence-corrected chi connectivity index (χ0v) is 10.8. The summed E-state index contributed by atoms with van der Waals surface area (Å²) in [6.45, 7) is 0.815. The third-order valence-corrected chi connectivity index (χ3v) is 4.06. The van der Waals surface area contributed by atoms with Crippen molar-refractivity contribution in [1.82, 2.24) is 0 Å². The van der Waals surface area contributed by atoms with Gasteiger partial charge in [0.1, 0.15) is 5.82 Å². The van der Waals surface area contributed by atoms with Gasteiger partial charge in [-0.2, -0.15) is 0 Å². The molecule has 18 heavy (non-hydrogen) atoms. The van der Waals surface area contributed by atoms with E-state index in [1.165, 1.54) is 23.8 Å². The largest absolute Gasteiger partial charge is 0.397 e. The van der Waals surface area contributed by atoms with Crippen LogP contribution in [0.1, 0.15) is 17.7 Å². The van der Waals surface area contributed by atoms with E-state index in [1.807, 2.05) is 6.07 Å². The molecule has 0 spiro atoms. The van der Waals surface area contributed by atoms with Crippen molar-refractivity contribution < 1.29 is 4.39 Å². The summed E-state index contributed by atoms with van der Waals surface area (Å²) in [7, 11) is 0. The third-order valence-electron chi connectivity index (χ3n) is 3.20. The molecule has 1 fully saturated rings. The fourth-order valence-electron chi connectivity index (χ4n) is 2.13. The molecule has 0 saturated heterocycles. The summed E-state index contributed by atoms with van der Waals surface area (Å²) in [6, 6.07) is 9.26. The Morgan fingerprint density at radius 2 is 2.17 bits per heavy atom. The number of benzene rings is 1. The van der Waals surface area contributed by atoms with Gasteiger partial charge < -0.3 is 10.6 Å². The lowest BCUT2D eigenvalue weighted by Crippen LogP contribution is -2.25. The summed E-state index contributed by atoms with van der Waals surface area (Å²) in [5.41, 5.74) is 7.46. The second-order valence-electron chi connectivity index (χ2n) is 4.64. The molecule has 2 N–H and O–H groups in total. The van der Waals surface area contributed by atoms with Gasteiger partial charge in [-0.15, -0.1) is 11.3 Å². The van der Waals surface area contributed by atoms with Crippen molar-refractivity contribution in [1.29, 1.82) is 0 Å². The highest BCUT2D eigenvalue weighted by molar-refractivity contribution is 7.09. The maximum Gasteiger partial charge on any atom is 0.125 e. The van der Waals surface area contributed by atoms with Crippen molar-refractivity contribution in [3.63, 3.8) is 0 Å². The molecular formula is C14H15FN2S. The van der Waals surface area contributed by atoms with Crippen molar-refractivity contribution in [3.8, 4) is 0 Å². The Morgan fingerprint density at radius 3 is 2.83 bits per heavy atom. The Morgan fingerprint density at radius 1 is 1.33 bits per heavy atom. The molecule has 2 aromatic rings. The van der Waals surface area contributed by atoms with Crippen LogP contribution in [0.4, 0.5) is 15.8 Å². The van der Waals surface area contributed by atoms with Crippen LogP contribution in [0.5, 0.6) is 0 Å². The standard InChI is InChI=1S/C14H15FN2S/c15-10-3-6-13(16)14(8-10)17(11-4-5-11)9-12-2-1-7-18-12/h1-3,6-8,11H,4-5,9,16H2. The molecule has 2 nitrogen and oxygen atoms in total. The molecule has 0 atom stereocenters. The molecule has 4 heteroatoms. The zero-order valence-electron chi connectivity index (χ0n) is 9.97. The van der Waals surface area contributed by atoms with Gasteiger partial charge in [0.15, 0.2) is 0 Å². The summed E-state index contributed by atoms with van der Waals surface area (Å²) in [4.78, 5) is 3.51. The first-order chi connectivity index (χ1) is 8.74. The Labute approximate surface area is 110 Å². The summed E-state index contributed by atoms with van der Waals surface area (Å²) >= 11 is 1.72. The molecule has 1 aliphatic carbocycles. The van der Waals surface area contributed by atoms with Gasteiger partial charge in [0, 0.05) is 10.9 Å². The molecule has 0 bridgehead atoms. The van der Waals surface area contributed by atoms with Crippen LogP contribution in [0.25, 0.3) is 0 Å². The molecule has 1 saturated carbocycles. The first kappa shape index (κ1) is 11.5. The number of anilines is 2. The number of rotatable bonds is 4. The van der Waals surface area contributed by atoms with Crippen LogP contribution in [-0.4, -0.2) is 6.04 Å². The molecule has 0 radical (unpaired) electrons. The summed E-state index contributed by atoms with van der Waals surface area (Å²) in [5.74, 6) is -0.226. The van der Waals surface area contributed by atoms with E-state index in [0.29, 0.717) is 11.7 Å². The molecular weight excluding hydrogens is 247 g/mol. The van der Waals surface area contributed by atoms with Crippen LogP contribution in [0.2, 0.25) is 0 Å². The monoisotopic (exact) mass is 262 g/mol. The van der Waals surface area contributed by atoms with Gasteiger partial charge in [0.2, 0.25) is 0 Å². The lowest BCUT2D eigenvalue weighted by molar-refractivity contribution is 0.626. The van der Waals surface area contributed by atoms with Crippen LogP contribution < -0.4 is 10.6 Å². The minimum Gasteiger partial charge on any atom is -0.397 e. The maximum atomic E-state index is 13.4. The van der Waals surface area contributed by atoms with Crippen LogP contribution in [0, 0.1) is 5.82 Å². The van der Waals surface area contributed by atoms with E-state index in [2.05, 4.69) is 16.3 Å². The van der Waals surface area contributed by atoms with Gasteiger partial charge in [-0.1, -0.05) is 6.07 Å². The molecule has 0 amide bonds. The molecule has 0 unspecified atom stereocenters. The van der Waals surface area contributed by atoms with E-state index in [0.717, 1.165) is 12.2 Å². The molecule has 3 rings (SSSR count). The molecule has 0 aliphatic heterocycles. The van der Waals surface area contributed by atoms with E-state index in [1.54, 1.807) is 23.5 Å². The number of hydrogen-bond acceptors (Lipinski definition) is 3. The summed E-state index contributed by atoms with van der Waals surface area (Å²) < 4.78 is 13.4. The predicted molar refractivity (Wildman–Crippen MR) is 74.3 cm³/mol. The fraction of sp³-hybridized carbons (Fsp3) is 0.286. The Hall–Kier alpha value is -1.55. The number of nitrogen functional groups attached to an aromatic ring is 1. The molecule has 1 aromatic heterocycles. The molecule has 1 aliphatic rings. The maximum absolute atomic E-state index is 13.4. The van der Waals surface area contributed by atoms with Crippen LogP contribution in [-0.2, 0) is 6.54 Å². The summed E-state index contributed by atoms with van der Waals surface area (Å²) in [5, 5.41) is 2.06. The normalized spacial score (nSPS) is 14.7. The first-order valence-corrected chi connectivity index (χ1v) is 6.96. The van der Waals surface area contributed by atoms with Crippen molar-refractivity contribution in [3.05, 3.63) is 46.4 Å². The Kier molecular flexibility index (Phi) is 2.96. The van der Waals surface area contributed by atoms with Gasteiger partial charge in [-0.25, -0.2) is 4.39 Å². The molecule has 1 heterocycles. The van der Waals surface area contributed by atoms with E-state index in [9.17, 15) is 4.39 Å². The molecule has 94 valence electrons. The number of nitrogens with two attached hydrogens (primary N) is 1. The number of halogens is 1. The van der Waals surface area contributed by atoms with Gasteiger partial charge in [0.05, 0.1) is 17.9 Å². The second-order valence-corrected chi connectivity index (χ2v) is 5.67. The predicted octanol–water partition coefficient (Wildman–Crippen LogP) is 3.64. The van der Waals surface area contributed by atoms with Gasteiger partial charge >= 0.3 is 0 Å². The minimum absolute atomic E-state index is 0.226. The van der Waals surface area contributed by atoms with E-state index in [4.69, 9.17) is 5.73 Å². The molecule has 1 aromatic carbocycles. The zero-order chi connectivity index (χ0) is 12.5. The SMILES string of the molecule is Nc1ccc(F)cc1N(Cc1cccs1)C1CC1. The highest BCUT2D eigenvalue weighted by atomic mass is 32.1. The van der Waals surface area contributed by atoms with Crippen molar-refractivity contribution in [2.75, 3.05) is 10.6 Å². The van der Waals surface area contributed by atoms with Crippen LogP contribution in [0.3, 0.4) is 0 Å². The Bertz CT molecular complexity index is 535. The van der Waals surface area contributed by atoms with Crippen LogP contribution >= 0.6 is 11.3 Å². The van der Waals surface area contributed by atoms with E-state index < -0.39 is 0 Å². The average molecular weight is 262 g/mol. The van der Waals surface area contributed by atoms with Crippen molar-refractivity contribution in [2.24, 2.45) is 0 Å². The lowest BCUT2D eigenvalue weighted by atomic mass is 10.2. The fourth-order valence-corrected chi connectivity index (χ4v) is 2.84. The highest BCUT2D eigenvalue weighted by Crippen LogP contribution is 2.36. The Balaban J connectivity index is 1.91. The highest BCUT2D eigenvalue weighted by Gasteiger charge is 2.30. The van der Waals surface area contributed by atoms with Gasteiger partial charge in [-0.05, 0) is 42.5 Å². The summed E-state index contributed by atoms with van der Waals surface area (Å²) in [6.07, 6.45) is 2.34. The van der Waals surface area contributed by atoms with Crippen molar-refractivity contribution in [2.45, 2.75) is 25.4 Å². The third kappa shape index (κ3) is 2.34. The van der Waals surface area contributed by atoms with Gasteiger partial charge in [-0.3, -0.25) is 0 Å². The lowest BCUT2D eigenvalue weighted by Gasteiger charge is -2.25. The van der Waals surface area contributed by atoms with Gasteiger partial charge in [0.25, 0.3) is 0 Å². The second kappa shape index (κ2) is 4.61. The number of thiophene rings is 1. The average Bonchev–Trinajstić information content (AvgIpc) is 3.07. The smallest absolute Gasteiger partial charge is 0.125 e. The number of hydrogen-bond donors (Lipinski definition) is 1. The topological polar surface area (TPSA) is 29.3 Å². The quantitative estimate of drug-likeness (QED) is 0.852. The van der Waals surface area contributed by atoms with Crippen molar-refractivity contribution >= 4 is 22.7 Å². The first-order valence-electron chi connectivity index (χ1n) is 6.08. The minimum atomic E-state index is -0.226.